The molecule has 0 aromatic heterocycles. The number of benzene rings is 1. The topological polar surface area (TPSA) is 46.3 Å². The van der Waals surface area contributed by atoms with Crippen LogP contribution in [0.3, 0.4) is 0 Å². The summed E-state index contributed by atoms with van der Waals surface area (Å²) in [6, 6.07) is 7.73. The van der Waals surface area contributed by atoms with Crippen LogP contribution in [-0.2, 0) is 0 Å². The SMILES string of the molecule is NCC1CCCN1C(=O)c1ccccc1Br. The van der Waals surface area contributed by atoms with E-state index in [2.05, 4.69) is 15.9 Å². The Hall–Kier alpha value is -0.870. The first-order valence-corrected chi connectivity index (χ1v) is 6.29. The van der Waals surface area contributed by atoms with E-state index in [1.807, 2.05) is 29.2 Å². The number of hydrogen-bond acceptors (Lipinski definition) is 2. The van der Waals surface area contributed by atoms with Gasteiger partial charge in [-0.1, -0.05) is 12.1 Å². The molecule has 1 aliphatic heterocycles. The molecule has 1 saturated heterocycles. The van der Waals surface area contributed by atoms with Crippen molar-refractivity contribution in [1.29, 1.82) is 0 Å². The van der Waals surface area contributed by atoms with Crippen LogP contribution in [-0.4, -0.2) is 29.9 Å². The summed E-state index contributed by atoms with van der Waals surface area (Å²) in [4.78, 5) is 14.2. The molecule has 4 heteroatoms. The van der Waals surface area contributed by atoms with Crippen molar-refractivity contribution in [3.8, 4) is 0 Å². The van der Waals surface area contributed by atoms with E-state index in [1.165, 1.54) is 0 Å². The monoisotopic (exact) mass is 282 g/mol. The van der Waals surface area contributed by atoms with Crippen molar-refractivity contribution in [2.75, 3.05) is 13.1 Å². The number of nitrogens with zero attached hydrogens (tertiary/aromatic N) is 1. The van der Waals surface area contributed by atoms with Gasteiger partial charge in [0.25, 0.3) is 5.91 Å². The first-order chi connectivity index (χ1) is 7.74. The molecule has 1 aromatic rings. The maximum absolute atomic E-state index is 12.3. The number of carbonyl (C=O) groups is 1. The number of carbonyl (C=O) groups excluding carboxylic acids is 1. The standard InChI is InChI=1S/C12H15BrN2O/c13-11-6-2-1-5-10(11)12(16)15-7-3-4-9(15)8-14/h1-2,5-6,9H,3-4,7-8,14H2. The van der Waals surface area contributed by atoms with E-state index in [0.717, 1.165) is 29.4 Å². The average molecular weight is 283 g/mol. The van der Waals surface area contributed by atoms with Crippen molar-refractivity contribution < 1.29 is 4.79 Å². The minimum Gasteiger partial charge on any atom is -0.334 e. The van der Waals surface area contributed by atoms with Gasteiger partial charge in [-0.25, -0.2) is 0 Å². The van der Waals surface area contributed by atoms with Crippen LogP contribution < -0.4 is 5.73 Å². The minimum absolute atomic E-state index is 0.0837. The summed E-state index contributed by atoms with van der Waals surface area (Å²) in [7, 11) is 0. The Bertz CT molecular complexity index is 394. The Morgan fingerprint density at radius 3 is 2.94 bits per heavy atom. The van der Waals surface area contributed by atoms with Crippen molar-refractivity contribution in [3.63, 3.8) is 0 Å². The molecular weight excluding hydrogens is 268 g/mol. The zero-order chi connectivity index (χ0) is 11.5. The van der Waals surface area contributed by atoms with Crippen LogP contribution in [0.5, 0.6) is 0 Å². The van der Waals surface area contributed by atoms with E-state index in [0.29, 0.717) is 6.54 Å². The van der Waals surface area contributed by atoms with Gasteiger partial charge in [0.15, 0.2) is 0 Å². The predicted molar refractivity (Wildman–Crippen MR) is 67.3 cm³/mol. The lowest BCUT2D eigenvalue weighted by Gasteiger charge is -2.23. The summed E-state index contributed by atoms with van der Waals surface area (Å²) in [5.74, 6) is 0.0837. The Morgan fingerprint density at radius 1 is 1.50 bits per heavy atom. The highest BCUT2D eigenvalue weighted by Gasteiger charge is 2.28. The fourth-order valence-electron chi connectivity index (χ4n) is 2.14. The quantitative estimate of drug-likeness (QED) is 0.902. The van der Waals surface area contributed by atoms with Crippen molar-refractivity contribution >= 4 is 21.8 Å². The fraction of sp³-hybridized carbons (Fsp3) is 0.417. The van der Waals surface area contributed by atoms with Crippen LogP contribution in [0.1, 0.15) is 23.2 Å². The molecule has 1 fully saturated rings. The maximum Gasteiger partial charge on any atom is 0.255 e. The van der Waals surface area contributed by atoms with Gasteiger partial charge in [-0.2, -0.15) is 0 Å². The average Bonchev–Trinajstić information content (AvgIpc) is 2.77. The molecule has 0 saturated carbocycles. The van der Waals surface area contributed by atoms with E-state index < -0.39 is 0 Å². The number of nitrogens with two attached hydrogens (primary N) is 1. The lowest BCUT2D eigenvalue weighted by Crippen LogP contribution is -2.40. The van der Waals surface area contributed by atoms with Gasteiger partial charge in [0.05, 0.1) is 5.56 Å². The molecule has 1 atom stereocenters. The number of likely N-dealkylation sites (tertiary alicyclic amines) is 1. The third-order valence-corrected chi connectivity index (χ3v) is 3.71. The van der Waals surface area contributed by atoms with Crippen LogP contribution in [0.2, 0.25) is 0 Å². The van der Waals surface area contributed by atoms with E-state index in [-0.39, 0.29) is 11.9 Å². The molecule has 1 amide bonds. The van der Waals surface area contributed by atoms with Crippen molar-refractivity contribution in [3.05, 3.63) is 34.3 Å². The van der Waals surface area contributed by atoms with Gasteiger partial charge in [-0.3, -0.25) is 4.79 Å². The lowest BCUT2D eigenvalue weighted by molar-refractivity contribution is 0.0740. The molecule has 1 aromatic carbocycles. The van der Waals surface area contributed by atoms with Gasteiger partial charge < -0.3 is 10.6 Å². The minimum atomic E-state index is 0.0837. The molecule has 0 spiro atoms. The van der Waals surface area contributed by atoms with Crippen LogP contribution >= 0.6 is 15.9 Å². The van der Waals surface area contributed by atoms with Crippen LogP contribution in [0, 0.1) is 0 Å². The molecule has 1 heterocycles. The molecule has 0 aliphatic carbocycles. The first kappa shape index (κ1) is 11.6. The fourth-order valence-corrected chi connectivity index (χ4v) is 2.59. The second-order valence-corrected chi connectivity index (χ2v) is 4.86. The zero-order valence-corrected chi connectivity index (χ0v) is 10.6. The normalized spacial score (nSPS) is 20.1. The largest absolute Gasteiger partial charge is 0.334 e. The maximum atomic E-state index is 12.3. The first-order valence-electron chi connectivity index (χ1n) is 5.49. The number of rotatable bonds is 2. The summed E-state index contributed by atoms with van der Waals surface area (Å²) < 4.78 is 0.850. The highest BCUT2D eigenvalue weighted by atomic mass is 79.9. The van der Waals surface area contributed by atoms with E-state index >= 15 is 0 Å². The number of hydrogen-bond donors (Lipinski definition) is 1. The third-order valence-electron chi connectivity index (χ3n) is 3.01. The van der Waals surface area contributed by atoms with Gasteiger partial charge in [0.2, 0.25) is 0 Å². The molecule has 2 N–H and O–H groups in total. The molecule has 16 heavy (non-hydrogen) atoms. The molecule has 0 radical (unpaired) electrons. The Kier molecular flexibility index (Phi) is 3.61. The van der Waals surface area contributed by atoms with Gasteiger partial charge in [0, 0.05) is 23.6 Å². The number of halogens is 1. The second-order valence-electron chi connectivity index (χ2n) is 4.01. The Labute approximate surface area is 104 Å². The van der Waals surface area contributed by atoms with Crippen molar-refractivity contribution in [1.82, 2.24) is 4.90 Å². The molecular formula is C12H15BrN2O. The molecule has 1 aliphatic rings. The highest BCUT2D eigenvalue weighted by Crippen LogP contribution is 2.23. The van der Waals surface area contributed by atoms with Gasteiger partial charge in [-0.15, -0.1) is 0 Å². The molecule has 86 valence electrons. The number of amides is 1. The molecule has 0 bridgehead atoms. The molecule has 3 nitrogen and oxygen atoms in total. The van der Waals surface area contributed by atoms with E-state index in [9.17, 15) is 4.79 Å². The highest BCUT2D eigenvalue weighted by molar-refractivity contribution is 9.10. The Balaban J connectivity index is 2.22. The van der Waals surface area contributed by atoms with Crippen LogP contribution in [0.15, 0.2) is 28.7 Å². The Morgan fingerprint density at radius 2 is 2.25 bits per heavy atom. The second kappa shape index (κ2) is 4.97. The molecule has 1 unspecified atom stereocenters. The van der Waals surface area contributed by atoms with E-state index in [4.69, 9.17) is 5.73 Å². The van der Waals surface area contributed by atoms with E-state index in [1.54, 1.807) is 0 Å². The molecule has 2 rings (SSSR count). The van der Waals surface area contributed by atoms with Crippen LogP contribution in [0.4, 0.5) is 0 Å². The summed E-state index contributed by atoms with van der Waals surface area (Å²) in [5, 5.41) is 0. The van der Waals surface area contributed by atoms with Gasteiger partial charge in [-0.05, 0) is 40.9 Å². The third kappa shape index (κ3) is 2.13. The van der Waals surface area contributed by atoms with Gasteiger partial charge >= 0.3 is 0 Å². The smallest absolute Gasteiger partial charge is 0.255 e. The van der Waals surface area contributed by atoms with Crippen LogP contribution in [0.25, 0.3) is 0 Å². The van der Waals surface area contributed by atoms with Crippen molar-refractivity contribution in [2.45, 2.75) is 18.9 Å². The summed E-state index contributed by atoms with van der Waals surface area (Å²) in [6.07, 6.45) is 2.07. The zero-order valence-electron chi connectivity index (χ0n) is 9.03. The van der Waals surface area contributed by atoms with Crippen molar-refractivity contribution in [2.24, 2.45) is 5.73 Å². The summed E-state index contributed by atoms with van der Waals surface area (Å²) in [6.45, 7) is 1.37. The summed E-state index contributed by atoms with van der Waals surface area (Å²) in [5.41, 5.74) is 6.40. The predicted octanol–water partition coefficient (Wildman–Crippen LogP) is 2.01. The van der Waals surface area contributed by atoms with Gasteiger partial charge in [0.1, 0.15) is 0 Å². The summed E-state index contributed by atoms with van der Waals surface area (Å²) >= 11 is 3.41. The lowest BCUT2D eigenvalue weighted by atomic mass is 10.1.